The Kier molecular flexibility index (Phi) is 6.02. The summed E-state index contributed by atoms with van der Waals surface area (Å²) in [5.41, 5.74) is 1.87. The molecule has 0 saturated heterocycles. The zero-order chi connectivity index (χ0) is 16.9. The van der Waals surface area contributed by atoms with Crippen LogP contribution in [-0.2, 0) is 21.7 Å². The molecule has 24 heavy (non-hydrogen) atoms. The van der Waals surface area contributed by atoms with Crippen molar-refractivity contribution in [3.63, 3.8) is 0 Å². The molecule has 0 aliphatic carbocycles. The number of benzene rings is 1. The molecule has 0 spiro atoms. The van der Waals surface area contributed by atoms with Gasteiger partial charge in [0.1, 0.15) is 17.6 Å². The Labute approximate surface area is 156 Å². The number of carbonyl (C=O) groups is 1. The molecule has 1 aromatic heterocycles. The van der Waals surface area contributed by atoms with Gasteiger partial charge in [-0.3, -0.25) is 4.79 Å². The quantitative estimate of drug-likeness (QED) is 0.509. The summed E-state index contributed by atoms with van der Waals surface area (Å²) < 4.78 is 18.0. The highest BCUT2D eigenvalue weighted by Crippen LogP contribution is 2.38. The van der Waals surface area contributed by atoms with Gasteiger partial charge in [-0.05, 0) is 24.6 Å². The molecule has 128 valence electrons. The molecule has 1 aromatic carbocycles. The zero-order valence-corrected chi connectivity index (χ0v) is 16.3. The lowest BCUT2D eigenvalue weighted by molar-refractivity contribution is -0.142. The third-order valence-electron chi connectivity index (χ3n) is 3.22. The number of hydrogen-bond donors (Lipinski definition) is 0. The molecule has 0 saturated carbocycles. The van der Waals surface area contributed by atoms with E-state index in [4.69, 9.17) is 14.2 Å². The Balaban J connectivity index is 1.62. The minimum atomic E-state index is -0.242. The van der Waals surface area contributed by atoms with Crippen LogP contribution in [0.2, 0.25) is 0 Å². The van der Waals surface area contributed by atoms with Crippen LogP contribution < -0.4 is 9.47 Å². The van der Waals surface area contributed by atoms with Gasteiger partial charge in [-0.15, -0.1) is 11.3 Å². The maximum atomic E-state index is 11.5. The van der Waals surface area contributed by atoms with Gasteiger partial charge in [0.05, 0.1) is 18.7 Å². The molecule has 3 rings (SSSR count). The van der Waals surface area contributed by atoms with E-state index in [9.17, 15) is 4.79 Å². The average Bonchev–Trinajstić information content (AvgIpc) is 3.00. The Morgan fingerprint density at radius 2 is 2.12 bits per heavy atom. The molecule has 0 fully saturated rings. The Hall–Kier alpha value is -1.25. The molecule has 0 unspecified atom stereocenters. The molecular weight excluding hydrogens is 414 g/mol. The molecule has 2 aromatic rings. The number of carbonyl (C=O) groups excluding carboxylic acids is 1. The molecular formula is C16H16BrNO4S2. The highest BCUT2D eigenvalue weighted by Gasteiger charge is 2.15. The van der Waals surface area contributed by atoms with Crippen molar-refractivity contribution < 1.29 is 19.0 Å². The highest BCUT2D eigenvalue weighted by atomic mass is 79.9. The first kappa shape index (κ1) is 17.6. The van der Waals surface area contributed by atoms with Crippen LogP contribution in [0, 0.1) is 0 Å². The van der Waals surface area contributed by atoms with Gasteiger partial charge in [-0.2, -0.15) is 0 Å². The van der Waals surface area contributed by atoms with E-state index >= 15 is 0 Å². The van der Waals surface area contributed by atoms with Crippen molar-refractivity contribution in [1.82, 2.24) is 4.98 Å². The van der Waals surface area contributed by atoms with Gasteiger partial charge in [-0.1, -0.05) is 27.7 Å². The van der Waals surface area contributed by atoms with E-state index in [1.54, 1.807) is 18.7 Å². The predicted octanol–water partition coefficient (Wildman–Crippen LogP) is 4.07. The van der Waals surface area contributed by atoms with Crippen molar-refractivity contribution in [3.8, 4) is 11.5 Å². The van der Waals surface area contributed by atoms with Crippen molar-refractivity contribution in [2.45, 2.75) is 23.4 Å². The van der Waals surface area contributed by atoms with E-state index in [1.807, 2.05) is 17.5 Å². The topological polar surface area (TPSA) is 57.7 Å². The van der Waals surface area contributed by atoms with Gasteiger partial charge >= 0.3 is 5.97 Å². The fourth-order valence-corrected chi connectivity index (χ4v) is 4.64. The summed E-state index contributed by atoms with van der Waals surface area (Å²) in [4.78, 5) is 16.0. The number of thiazole rings is 1. The summed E-state index contributed by atoms with van der Waals surface area (Å²) in [5, 5.41) is 1.90. The number of rotatable bonds is 6. The van der Waals surface area contributed by atoms with Gasteiger partial charge in [0.25, 0.3) is 0 Å². The van der Waals surface area contributed by atoms with Crippen molar-refractivity contribution >= 4 is 45.0 Å². The van der Waals surface area contributed by atoms with Gasteiger partial charge < -0.3 is 14.2 Å². The van der Waals surface area contributed by atoms with Crippen molar-refractivity contribution in [1.29, 1.82) is 0 Å². The summed E-state index contributed by atoms with van der Waals surface area (Å²) in [6.07, 6.45) is 0.221. The largest absolute Gasteiger partial charge is 0.486 e. The first-order valence-electron chi connectivity index (χ1n) is 7.46. The van der Waals surface area contributed by atoms with Crippen LogP contribution in [0.3, 0.4) is 0 Å². The van der Waals surface area contributed by atoms with Crippen LogP contribution in [0.25, 0.3) is 0 Å². The fraction of sp³-hybridized carbons (Fsp3) is 0.375. The van der Waals surface area contributed by atoms with Crippen LogP contribution in [0.1, 0.15) is 18.2 Å². The standard InChI is InChI=1S/C16H16BrNO4S2/c1-2-20-15(19)6-11-9-24-16(18-11)23-8-10-5-13-14(7-12(10)17)22-4-3-21-13/h5,7,9H,2-4,6,8H2,1H3. The van der Waals surface area contributed by atoms with Crippen LogP contribution in [0.4, 0.5) is 0 Å². The smallest absolute Gasteiger partial charge is 0.311 e. The third-order valence-corrected chi connectivity index (χ3v) is 6.08. The first-order chi connectivity index (χ1) is 11.7. The molecule has 5 nitrogen and oxygen atoms in total. The lowest BCUT2D eigenvalue weighted by Gasteiger charge is -2.19. The normalized spacial score (nSPS) is 12.9. The van der Waals surface area contributed by atoms with Gasteiger partial charge in [0.15, 0.2) is 11.5 Å². The molecule has 0 N–H and O–H groups in total. The van der Waals surface area contributed by atoms with Crippen molar-refractivity contribution in [2.75, 3.05) is 19.8 Å². The van der Waals surface area contributed by atoms with E-state index in [-0.39, 0.29) is 12.4 Å². The van der Waals surface area contributed by atoms with Crippen LogP contribution in [0.15, 0.2) is 26.3 Å². The van der Waals surface area contributed by atoms with E-state index in [1.165, 1.54) is 11.3 Å². The lowest BCUT2D eigenvalue weighted by Crippen LogP contribution is -2.15. The number of aromatic nitrogens is 1. The van der Waals surface area contributed by atoms with E-state index in [2.05, 4.69) is 20.9 Å². The van der Waals surface area contributed by atoms with Crippen molar-refractivity contribution in [3.05, 3.63) is 33.2 Å². The Bertz CT molecular complexity index is 735. The van der Waals surface area contributed by atoms with Crippen molar-refractivity contribution in [2.24, 2.45) is 0 Å². The maximum absolute atomic E-state index is 11.5. The van der Waals surface area contributed by atoms with Crippen LogP contribution in [-0.4, -0.2) is 30.8 Å². The Morgan fingerprint density at radius 1 is 1.38 bits per heavy atom. The number of ether oxygens (including phenoxy) is 3. The number of esters is 1. The molecule has 0 radical (unpaired) electrons. The molecule has 2 heterocycles. The number of fused-ring (bicyclic) bond motifs is 1. The zero-order valence-electron chi connectivity index (χ0n) is 13.0. The summed E-state index contributed by atoms with van der Waals surface area (Å²) in [6.45, 7) is 3.34. The molecule has 1 aliphatic rings. The predicted molar refractivity (Wildman–Crippen MR) is 97.1 cm³/mol. The van der Waals surface area contributed by atoms with Crippen LogP contribution in [0.5, 0.6) is 11.5 Å². The SMILES string of the molecule is CCOC(=O)Cc1csc(SCc2cc3c(cc2Br)OCCO3)n1. The van der Waals surface area contributed by atoms with Gasteiger partial charge in [-0.25, -0.2) is 4.98 Å². The average molecular weight is 430 g/mol. The van der Waals surface area contributed by atoms with E-state index < -0.39 is 0 Å². The molecule has 8 heteroatoms. The molecule has 0 amide bonds. The summed E-state index contributed by atoms with van der Waals surface area (Å²) in [6, 6.07) is 3.94. The van der Waals surface area contributed by atoms with Gasteiger partial charge in [0, 0.05) is 15.6 Å². The second-order valence-electron chi connectivity index (χ2n) is 4.96. The number of nitrogens with zero attached hydrogens (tertiary/aromatic N) is 1. The second-order valence-corrected chi connectivity index (χ2v) is 7.90. The summed E-state index contributed by atoms with van der Waals surface area (Å²) in [5.74, 6) is 2.06. The second kappa shape index (κ2) is 8.22. The minimum Gasteiger partial charge on any atom is -0.486 e. The van der Waals surface area contributed by atoms with Crippen LogP contribution >= 0.6 is 39.0 Å². The third kappa shape index (κ3) is 4.43. The number of hydrogen-bond acceptors (Lipinski definition) is 7. The van der Waals surface area contributed by atoms with E-state index in [0.29, 0.717) is 19.8 Å². The first-order valence-corrected chi connectivity index (χ1v) is 10.1. The Morgan fingerprint density at radius 3 is 2.88 bits per heavy atom. The summed E-state index contributed by atoms with van der Waals surface area (Å²) >= 11 is 6.74. The molecule has 0 atom stereocenters. The summed E-state index contributed by atoms with van der Waals surface area (Å²) in [7, 11) is 0. The maximum Gasteiger partial charge on any atom is 0.311 e. The van der Waals surface area contributed by atoms with E-state index in [0.717, 1.165) is 37.3 Å². The number of halogens is 1. The van der Waals surface area contributed by atoms with Gasteiger partial charge in [0.2, 0.25) is 0 Å². The number of thioether (sulfide) groups is 1. The highest BCUT2D eigenvalue weighted by molar-refractivity contribution is 9.10. The minimum absolute atomic E-state index is 0.221. The fourth-order valence-electron chi connectivity index (χ4n) is 2.15. The monoisotopic (exact) mass is 429 g/mol. The molecule has 1 aliphatic heterocycles. The molecule has 0 bridgehead atoms. The lowest BCUT2D eigenvalue weighted by atomic mass is 10.2.